The van der Waals surface area contributed by atoms with Crippen molar-refractivity contribution in [1.82, 2.24) is 39.2 Å². The van der Waals surface area contributed by atoms with Gasteiger partial charge in [0.25, 0.3) is 5.69 Å². The molecule has 58 heavy (non-hydrogen) atoms. The average molecular weight is 793 g/mol. The van der Waals surface area contributed by atoms with Crippen molar-refractivity contribution in [2.45, 2.75) is 90.4 Å². The van der Waals surface area contributed by atoms with Gasteiger partial charge in [0.2, 0.25) is 23.8 Å². The minimum Gasteiger partial charge on any atom is -0.399 e. The molecule has 0 bridgehead atoms. The van der Waals surface area contributed by atoms with Crippen LogP contribution in [0.4, 0.5) is 35.2 Å². The molecule has 2 aliphatic heterocycles. The van der Waals surface area contributed by atoms with Crippen LogP contribution in [-0.2, 0) is 22.6 Å². The van der Waals surface area contributed by atoms with E-state index < -0.39 is 4.92 Å². The van der Waals surface area contributed by atoms with E-state index in [0.29, 0.717) is 48.8 Å². The summed E-state index contributed by atoms with van der Waals surface area (Å²) in [5, 5.41) is 33.6. The van der Waals surface area contributed by atoms with Gasteiger partial charge in [-0.3, -0.25) is 10.1 Å². The predicted octanol–water partition coefficient (Wildman–Crippen LogP) is 6.39. The van der Waals surface area contributed by atoms with Crippen LogP contribution in [0.3, 0.4) is 0 Å². The maximum Gasteiger partial charge on any atom is 0.269 e. The quantitative estimate of drug-likeness (QED) is 0.0486. The first kappa shape index (κ1) is 40.1. The minimum absolute atomic E-state index is 0.0604. The molecule has 0 spiro atoms. The lowest BCUT2D eigenvalue weighted by atomic mass is 10.1. The van der Waals surface area contributed by atoms with Crippen LogP contribution in [0.5, 0.6) is 0 Å². The number of nitrogens with one attached hydrogen (secondary N) is 4. The van der Waals surface area contributed by atoms with Crippen LogP contribution in [0.2, 0.25) is 0 Å². The van der Waals surface area contributed by atoms with Crippen LogP contribution in [0, 0.1) is 10.1 Å². The topological polar surface area (TPSA) is 222 Å². The molecule has 0 radical (unpaired) electrons. The molecule has 0 atom stereocenters. The fourth-order valence-electron chi connectivity index (χ4n) is 6.86. The van der Waals surface area contributed by atoms with Gasteiger partial charge < -0.3 is 36.5 Å². The van der Waals surface area contributed by atoms with Crippen molar-refractivity contribution >= 4 is 46.5 Å². The van der Waals surface area contributed by atoms with E-state index in [0.717, 1.165) is 91.3 Å². The zero-order valence-corrected chi connectivity index (χ0v) is 33.4. The normalized spacial score (nSPS) is 15.1. The number of hydrogen-bond acceptors (Lipinski definition) is 15. The van der Waals surface area contributed by atoms with Crippen LogP contribution in [0.15, 0.2) is 60.9 Å². The molecule has 6 N–H and O–H groups in total. The Morgan fingerprint density at radius 1 is 0.724 bits per heavy atom. The molecule has 2 fully saturated rings. The molecule has 8 rings (SSSR count). The lowest BCUT2D eigenvalue weighted by Crippen LogP contribution is -2.29. The van der Waals surface area contributed by atoms with Crippen molar-refractivity contribution in [2.24, 2.45) is 0 Å². The average Bonchev–Trinajstić information content (AvgIpc) is 3.86. The molecule has 0 amide bonds. The molecule has 2 aliphatic rings. The number of fused-ring (bicyclic) bond motifs is 2. The highest BCUT2D eigenvalue weighted by molar-refractivity contribution is 5.57. The van der Waals surface area contributed by atoms with Crippen molar-refractivity contribution in [3.05, 3.63) is 93.3 Å². The van der Waals surface area contributed by atoms with Crippen LogP contribution < -0.4 is 27.0 Å². The van der Waals surface area contributed by atoms with Crippen LogP contribution >= 0.6 is 0 Å². The number of nitrogens with zero attached hydrogens (tertiary/aromatic N) is 9. The van der Waals surface area contributed by atoms with Crippen molar-refractivity contribution < 1.29 is 14.4 Å². The number of ether oxygens (including phenoxy) is 2. The Hall–Kier alpha value is -6.14. The van der Waals surface area contributed by atoms with E-state index in [4.69, 9.17) is 30.2 Å². The van der Waals surface area contributed by atoms with Crippen molar-refractivity contribution in [3.8, 4) is 0 Å². The Bertz CT molecular complexity index is 2310. The molecule has 4 aromatic heterocycles. The van der Waals surface area contributed by atoms with Gasteiger partial charge in [0.05, 0.1) is 17.3 Å². The van der Waals surface area contributed by atoms with Gasteiger partial charge in [-0.1, -0.05) is 52.0 Å². The molecule has 6 heterocycles. The first-order chi connectivity index (χ1) is 28.1. The van der Waals surface area contributed by atoms with Gasteiger partial charge in [0.15, 0.2) is 11.3 Å². The second-order valence-corrected chi connectivity index (χ2v) is 15.2. The maximum atomic E-state index is 11.0. The summed E-state index contributed by atoms with van der Waals surface area (Å²) in [4.78, 5) is 29.4. The van der Waals surface area contributed by atoms with E-state index >= 15 is 0 Å². The summed E-state index contributed by atoms with van der Waals surface area (Å²) in [5.41, 5.74) is 12.3. The molecule has 0 unspecified atom stereocenters. The zero-order valence-electron chi connectivity index (χ0n) is 33.4. The molecular weight excluding hydrogens is 741 g/mol. The van der Waals surface area contributed by atoms with Crippen molar-refractivity contribution in [2.75, 3.05) is 53.4 Å². The third kappa shape index (κ3) is 9.86. The van der Waals surface area contributed by atoms with Gasteiger partial charge in [-0.05, 0) is 60.8 Å². The summed E-state index contributed by atoms with van der Waals surface area (Å²) < 4.78 is 14.3. The van der Waals surface area contributed by atoms with Crippen LogP contribution in [0.25, 0.3) is 11.3 Å². The van der Waals surface area contributed by atoms with E-state index in [1.807, 2.05) is 42.7 Å². The van der Waals surface area contributed by atoms with Gasteiger partial charge in [-0.25, -0.2) is 0 Å². The predicted molar refractivity (Wildman–Crippen MR) is 223 cm³/mol. The Morgan fingerprint density at radius 3 is 1.64 bits per heavy atom. The van der Waals surface area contributed by atoms with E-state index in [1.54, 1.807) is 21.2 Å². The van der Waals surface area contributed by atoms with Gasteiger partial charge in [0, 0.05) is 80.5 Å². The number of hydrogen-bond donors (Lipinski definition) is 5. The van der Waals surface area contributed by atoms with Gasteiger partial charge in [-0.2, -0.15) is 39.2 Å². The Kier molecular flexibility index (Phi) is 12.7. The smallest absolute Gasteiger partial charge is 0.269 e. The summed E-state index contributed by atoms with van der Waals surface area (Å²) in [6.07, 6.45) is 7.40. The highest BCUT2D eigenvalue weighted by Gasteiger charge is 2.21. The second-order valence-electron chi connectivity index (χ2n) is 15.2. The highest BCUT2D eigenvalue weighted by atomic mass is 16.6. The zero-order chi connectivity index (χ0) is 40.6. The van der Waals surface area contributed by atoms with Crippen molar-refractivity contribution in [3.63, 3.8) is 0 Å². The summed E-state index contributed by atoms with van der Waals surface area (Å²) in [6.45, 7) is 12.4. The lowest BCUT2D eigenvalue weighted by molar-refractivity contribution is -0.384. The van der Waals surface area contributed by atoms with Crippen LogP contribution in [-0.4, -0.2) is 82.6 Å². The number of nitro benzene ring substituents is 1. The molecule has 306 valence electrons. The van der Waals surface area contributed by atoms with E-state index in [-0.39, 0.29) is 17.6 Å². The fourth-order valence-corrected chi connectivity index (χ4v) is 6.86. The van der Waals surface area contributed by atoms with E-state index in [9.17, 15) is 10.1 Å². The minimum atomic E-state index is -0.398. The molecule has 18 nitrogen and oxygen atoms in total. The largest absolute Gasteiger partial charge is 0.399 e. The second kappa shape index (κ2) is 18.4. The third-order valence-corrected chi connectivity index (χ3v) is 10.1. The van der Waals surface area contributed by atoms with E-state index in [2.05, 4.69) is 64.1 Å². The summed E-state index contributed by atoms with van der Waals surface area (Å²) in [6, 6.07) is 14.9. The number of anilines is 5. The Labute approximate surface area is 336 Å². The Morgan fingerprint density at radius 2 is 1.19 bits per heavy atom. The molecule has 0 aliphatic carbocycles. The first-order valence-corrected chi connectivity index (χ1v) is 19.9. The molecule has 0 saturated carbocycles. The van der Waals surface area contributed by atoms with Gasteiger partial charge in [0.1, 0.15) is 0 Å². The lowest BCUT2D eigenvalue weighted by Gasteiger charge is -2.23. The highest BCUT2D eigenvalue weighted by Crippen LogP contribution is 2.25. The number of nitrogen functional groups attached to an aromatic ring is 1. The number of non-ortho nitro benzene ring substituents is 1. The SMILES string of the molecule is CC(C)c1cnn2c(NCc3cccc(N)c3)nc(NC3CCOCC3)nc12.CC(C)c1cnn2c(NCc3cccc([N+](=O)[O-])c3)nc(NC3CCOCC3)nc12. The van der Waals surface area contributed by atoms with Gasteiger partial charge in [-0.15, -0.1) is 0 Å². The number of benzene rings is 2. The van der Waals surface area contributed by atoms with E-state index in [1.165, 1.54) is 6.07 Å². The molecule has 2 saturated heterocycles. The third-order valence-electron chi connectivity index (χ3n) is 10.1. The standard InChI is InChI=1S/C20H25N7O3.C20H27N7O/c1-13(2)17-12-22-26-18(17)24-19(23-15-6-8-30-9-7-15)25-20(26)21-11-14-4-3-5-16(10-14)27(28)29;1-13(2)17-12-23-27-18(17)25-19(24-16-6-8-28-9-7-16)26-20(27)22-11-14-4-3-5-15(21)10-14/h3-5,10,12-13,15H,6-9,11H2,1-2H3,(H2,21,23,24,25);3-5,10,12-13,16H,6-9,11,21H2,1-2H3,(H2,22,24,25,26). The Balaban J connectivity index is 0.000000177. The molecule has 2 aromatic carbocycles. The van der Waals surface area contributed by atoms with Crippen molar-refractivity contribution in [1.29, 1.82) is 0 Å². The summed E-state index contributed by atoms with van der Waals surface area (Å²) in [7, 11) is 0. The number of rotatable bonds is 13. The van der Waals surface area contributed by atoms with Crippen LogP contribution in [0.1, 0.15) is 87.5 Å². The first-order valence-electron chi connectivity index (χ1n) is 19.9. The number of nitrogens with two attached hydrogens (primary N) is 1. The maximum absolute atomic E-state index is 11.0. The number of aromatic nitrogens is 8. The molecule has 18 heteroatoms. The molecular formula is C40H52N14O4. The monoisotopic (exact) mass is 792 g/mol. The van der Waals surface area contributed by atoms with Gasteiger partial charge >= 0.3 is 0 Å². The molecule has 6 aromatic rings. The summed E-state index contributed by atoms with van der Waals surface area (Å²) in [5.74, 6) is 2.94. The summed E-state index contributed by atoms with van der Waals surface area (Å²) >= 11 is 0. The number of nitro groups is 1. The fraction of sp³-hybridized carbons (Fsp3) is 0.450.